The summed E-state index contributed by atoms with van der Waals surface area (Å²) >= 11 is 5.97. The molecule has 1 aromatic heterocycles. The fourth-order valence-corrected chi connectivity index (χ4v) is 3.81. The van der Waals surface area contributed by atoms with Crippen LogP contribution >= 0.6 is 11.6 Å². The molecule has 154 valence electrons. The highest BCUT2D eigenvalue weighted by molar-refractivity contribution is 6.17. The van der Waals surface area contributed by atoms with Gasteiger partial charge >= 0.3 is 12.2 Å². The number of benzene rings is 1. The molecule has 7 nitrogen and oxygen atoms in total. The normalized spacial score (nSPS) is 18.4. The zero-order chi connectivity index (χ0) is 20.7. The lowest BCUT2D eigenvalue weighted by atomic mass is 9.90. The molecule has 0 saturated carbocycles. The number of carboxylic acid groups (broad SMARTS) is 1. The molecule has 0 radical (unpaired) electrons. The van der Waals surface area contributed by atoms with Crippen molar-refractivity contribution in [1.82, 2.24) is 15.2 Å². The molecule has 2 N–H and O–H groups in total. The topological polar surface area (TPSA) is 91.8 Å². The molecule has 0 bridgehead atoms. The number of hydrogen-bond donors (Lipinski definition) is 2. The molecule has 0 unspecified atom stereocenters. The van der Waals surface area contributed by atoms with Crippen molar-refractivity contribution in [2.45, 2.75) is 37.3 Å². The Labute approximate surface area is 174 Å². The van der Waals surface area contributed by atoms with Crippen LogP contribution in [0.1, 0.15) is 29.7 Å². The van der Waals surface area contributed by atoms with Crippen LogP contribution in [-0.4, -0.2) is 45.8 Å². The van der Waals surface area contributed by atoms with Crippen LogP contribution < -0.4 is 5.32 Å². The van der Waals surface area contributed by atoms with Crippen LogP contribution in [-0.2, 0) is 23.6 Å². The van der Waals surface area contributed by atoms with Gasteiger partial charge < -0.3 is 20.1 Å². The van der Waals surface area contributed by atoms with Crippen LogP contribution in [0.4, 0.5) is 9.59 Å². The summed E-state index contributed by atoms with van der Waals surface area (Å²) in [5, 5.41) is 12.3. The van der Waals surface area contributed by atoms with Crippen LogP contribution in [0, 0.1) is 0 Å². The van der Waals surface area contributed by atoms with Gasteiger partial charge in [0.25, 0.3) is 0 Å². The highest BCUT2D eigenvalue weighted by Crippen LogP contribution is 2.28. The zero-order valence-corrected chi connectivity index (χ0v) is 16.8. The van der Waals surface area contributed by atoms with Crippen LogP contribution in [0.25, 0.3) is 0 Å². The standard InChI is InChI=1S/C21H24ClN3O4/c22-13-18-17(7-4-11-23-18)8-9-21(10-12-25(15-21)20(27)28)24-19(26)29-14-16-5-2-1-3-6-16/h1-7,11H,8-10,12-15H2,(H,24,26)(H,27,28)/t21-/m0/s1. The number of carbonyl (C=O) groups is 2. The van der Waals surface area contributed by atoms with E-state index in [1.54, 1.807) is 6.20 Å². The van der Waals surface area contributed by atoms with E-state index in [2.05, 4.69) is 10.3 Å². The Kier molecular flexibility index (Phi) is 6.93. The third-order valence-corrected chi connectivity index (χ3v) is 5.44. The van der Waals surface area contributed by atoms with E-state index in [4.69, 9.17) is 16.3 Å². The quantitative estimate of drug-likeness (QED) is 0.668. The Morgan fingerprint density at radius 2 is 2.03 bits per heavy atom. The van der Waals surface area contributed by atoms with Gasteiger partial charge in [0.15, 0.2) is 0 Å². The van der Waals surface area contributed by atoms with Crippen molar-refractivity contribution in [2.75, 3.05) is 13.1 Å². The minimum absolute atomic E-state index is 0.157. The van der Waals surface area contributed by atoms with Gasteiger partial charge in [0.2, 0.25) is 0 Å². The number of carbonyl (C=O) groups excluding carboxylic acids is 1. The number of amides is 2. The van der Waals surface area contributed by atoms with Gasteiger partial charge in [-0.05, 0) is 36.5 Å². The number of aromatic nitrogens is 1. The second kappa shape index (κ2) is 9.60. The van der Waals surface area contributed by atoms with E-state index < -0.39 is 17.7 Å². The number of alkyl carbamates (subject to hydrolysis) is 1. The van der Waals surface area contributed by atoms with Crippen molar-refractivity contribution in [3.05, 3.63) is 65.5 Å². The van der Waals surface area contributed by atoms with Gasteiger partial charge in [0.1, 0.15) is 6.61 Å². The number of pyridine rings is 1. The van der Waals surface area contributed by atoms with Crippen molar-refractivity contribution in [3.63, 3.8) is 0 Å². The number of rotatable bonds is 7. The van der Waals surface area contributed by atoms with Crippen LogP contribution in [0.15, 0.2) is 48.7 Å². The van der Waals surface area contributed by atoms with E-state index in [1.807, 2.05) is 42.5 Å². The molecule has 1 fully saturated rings. The molecule has 1 aliphatic heterocycles. The zero-order valence-electron chi connectivity index (χ0n) is 16.0. The average Bonchev–Trinajstić information content (AvgIpc) is 3.16. The first-order chi connectivity index (χ1) is 14.0. The monoisotopic (exact) mass is 417 g/mol. The van der Waals surface area contributed by atoms with Crippen molar-refractivity contribution in [3.8, 4) is 0 Å². The molecule has 2 heterocycles. The number of hydrogen-bond acceptors (Lipinski definition) is 4. The SMILES string of the molecule is O=C(N[C@@]1(CCc2cccnc2CCl)CCN(C(=O)O)C1)OCc1ccccc1. The molecule has 1 saturated heterocycles. The predicted octanol–water partition coefficient (Wildman–Crippen LogP) is 3.80. The molecular formula is C21H24ClN3O4. The van der Waals surface area contributed by atoms with Gasteiger partial charge in [0, 0.05) is 19.3 Å². The van der Waals surface area contributed by atoms with E-state index >= 15 is 0 Å². The summed E-state index contributed by atoms with van der Waals surface area (Å²) in [4.78, 5) is 29.5. The van der Waals surface area contributed by atoms with E-state index in [-0.39, 0.29) is 13.2 Å². The number of alkyl halides is 1. The molecule has 29 heavy (non-hydrogen) atoms. The van der Waals surface area contributed by atoms with Crippen LogP contribution in [0.5, 0.6) is 0 Å². The van der Waals surface area contributed by atoms with Gasteiger partial charge in [-0.3, -0.25) is 4.98 Å². The van der Waals surface area contributed by atoms with E-state index in [1.165, 1.54) is 4.90 Å². The van der Waals surface area contributed by atoms with Gasteiger partial charge in [0.05, 0.1) is 17.1 Å². The molecule has 1 aromatic carbocycles. The smallest absolute Gasteiger partial charge is 0.407 e. The maximum atomic E-state index is 12.5. The van der Waals surface area contributed by atoms with Crippen molar-refractivity contribution in [1.29, 1.82) is 0 Å². The first kappa shape index (κ1) is 20.9. The van der Waals surface area contributed by atoms with Gasteiger partial charge in [-0.2, -0.15) is 0 Å². The number of nitrogens with zero attached hydrogens (tertiary/aromatic N) is 2. The molecule has 3 rings (SSSR count). The maximum absolute atomic E-state index is 12.5. The Balaban J connectivity index is 1.67. The summed E-state index contributed by atoms with van der Waals surface area (Å²) < 4.78 is 5.36. The summed E-state index contributed by atoms with van der Waals surface area (Å²) in [6.45, 7) is 0.743. The summed E-state index contributed by atoms with van der Waals surface area (Å²) in [5.41, 5.74) is 1.99. The number of ether oxygens (including phenoxy) is 1. The second-order valence-electron chi connectivity index (χ2n) is 7.16. The minimum atomic E-state index is -0.992. The Morgan fingerprint density at radius 1 is 1.24 bits per heavy atom. The average molecular weight is 418 g/mol. The van der Waals surface area contributed by atoms with Crippen LogP contribution in [0.3, 0.4) is 0 Å². The van der Waals surface area contributed by atoms with Gasteiger partial charge in [-0.1, -0.05) is 36.4 Å². The van der Waals surface area contributed by atoms with Crippen LogP contribution in [0.2, 0.25) is 0 Å². The molecule has 1 atom stereocenters. The number of likely N-dealkylation sites (tertiary alicyclic amines) is 1. The van der Waals surface area contributed by atoms with E-state index in [0.717, 1.165) is 16.8 Å². The third-order valence-electron chi connectivity index (χ3n) is 5.19. The van der Waals surface area contributed by atoms with Gasteiger partial charge in [-0.25, -0.2) is 9.59 Å². The van der Waals surface area contributed by atoms with Crippen molar-refractivity contribution >= 4 is 23.8 Å². The van der Waals surface area contributed by atoms with Crippen molar-refractivity contribution in [2.24, 2.45) is 0 Å². The predicted molar refractivity (Wildman–Crippen MR) is 109 cm³/mol. The summed E-state index contributed by atoms with van der Waals surface area (Å²) in [6.07, 6.45) is 1.86. The van der Waals surface area contributed by atoms with Gasteiger partial charge in [-0.15, -0.1) is 11.6 Å². The molecule has 0 aliphatic carbocycles. The largest absolute Gasteiger partial charge is 0.465 e. The first-order valence-electron chi connectivity index (χ1n) is 9.47. The summed E-state index contributed by atoms with van der Waals surface area (Å²) in [5.74, 6) is 0.303. The Hall–Kier alpha value is -2.80. The van der Waals surface area contributed by atoms with E-state index in [9.17, 15) is 14.7 Å². The molecule has 2 amide bonds. The Morgan fingerprint density at radius 3 is 2.72 bits per heavy atom. The second-order valence-corrected chi connectivity index (χ2v) is 7.43. The number of nitrogens with one attached hydrogen (secondary N) is 1. The van der Waals surface area contributed by atoms with E-state index in [0.29, 0.717) is 31.7 Å². The number of halogens is 1. The lowest BCUT2D eigenvalue weighted by Crippen LogP contribution is -2.51. The van der Waals surface area contributed by atoms with Crippen molar-refractivity contribution < 1.29 is 19.4 Å². The summed E-state index contributed by atoms with van der Waals surface area (Å²) in [6, 6.07) is 13.2. The number of aryl methyl sites for hydroxylation is 1. The molecule has 0 spiro atoms. The lowest BCUT2D eigenvalue weighted by Gasteiger charge is -2.30. The molecule has 8 heteroatoms. The highest BCUT2D eigenvalue weighted by atomic mass is 35.5. The fraction of sp³-hybridized carbons (Fsp3) is 0.381. The lowest BCUT2D eigenvalue weighted by molar-refractivity contribution is 0.121. The Bertz CT molecular complexity index is 849. The molecule has 1 aliphatic rings. The maximum Gasteiger partial charge on any atom is 0.407 e. The fourth-order valence-electron chi connectivity index (χ4n) is 3.57. The molecular weight excluding hydrogens is 394 g/mol. The minimum Gasteiger partial charge on any atom is -0.465 e. The molecule has 2 aromatic rings. The highest BCUT2D eigenvalue weighted by Gasteiger charge is 2.41. The third kappa shape index (κ3) is 5.60. The summed E-state index contributed by atoms with van der Waals surface area (Å²) in [7, 11) is 0. The first-order valence-corrected chi connectivity index (χ1v) is 10.0.